The molecule has 1 aromatic heterocycles. The van der Waals surface area contributed by atoms with Crippen LogP contribution < -0.4 is 10.0 Å². The Labute approximate surface area is 187 Å². The minimum Gasteiger partial charge on any atom is -0.345 e. The van der Waals surface area contributed by atoms with Crippen LogP contribution in [0.15, 0.2) is 96.0 Å². The monoisotopic (exact) mass is 445 g/mol. The molecule has 0 saturated heterocycles. The fourth-order valence-electron chi connectivity index (χ4n) is 3.61. The summed E-state index contributed by atoms with van der Waals surface area (Å²) in [5.41, 5.74) is 1.82. The Morgan fingerprint density at radius 2 is 1.62 bits per heavy atom. The van der Waals surface area contributed by atoms with Crippen molar-refractivity contribution in [3.63, 3.8) is 0 Å². The maximum absolute atomic E-state index is 13.2. The third-order valence-corrected chi connectivity index (χ3v) is 6.61. The minimum atomic E-state index is -3.97. The van der Waals surface area contributed by atoms with Crippen LogP contribution in [0.25, 0.3) is 10.9 Å². The number of fused-ring (bicyclic) bond motifs is 1. The summed E-state index contributed by atoms with van der Waals surface area (Å²) in [5.74, 6) is -0.352. The minimum absolute atomic E-state index is 0.0570. The van der Waals surface area contributed by atoms with Gasteiger partial charge in [-0.1, -0.05) is 67.6 Å². The zero-order chi connectivity index (χ0) is 22.6. The molecule has 1 heterocycles. The number of carbonyl (C=O) groups is 1. The Kier molecular flexibility index (Phi) is 6.18. The van der Waals surface area contributed by atoms with Gasteiger partial charge in [0.15, 0.2) is 0 Å². The molecule has 0 fully saturated rings. The number of anilines is 1. The summed E-state index contributed by atoms with van der Waals surface area (Å²) < 4.78 is 29.0. The molecule has 0 aliphatic heterocycles. The zero-order valence-electron chi connectivity index (χ0n) is 17.5. The first-order valence-corrected chi connectivity index (χ1v) is 11.8. The lowest BCUT2D eigenvalue weighted by atomic mass is 10.0. The van der Waals surface area contributed by atoms with E-state index in [9.17, 15) is 13.2 Å². The second-order valence-corrected chi connectivity index (χ2v) is 8.98. The van der Waals surface area contributed by atoms with Crippen LogP contribution in [0.1, 0.15) is 35.3 Å². The highest BCUT2D eigenvalue weighted by Gasteiger charge is 2.22. The summed E-state index contributed by atoms with van der Waals surface area (Å²) in [6.07, 6.45) is 2.25. The molecule has 0 radical (unpaired) electrons. The van der Waals surface area contributed by atoms with Gasteiger partial charge in [0.1, 0.15) is 4.90 Å². The van der Waals surface area contributed by atoms with E-state index in [2.05, 4.69) is 15.0 Å². The average molecular weight is 446 g/mol. The van der Waals surface area contributed by atoms with Gasteiger partial charge in [-0.15, -0.1) is 0 Å². The zero-order valence-corrected chi connectivity index (χ0v) is 18.3. The van der Waals surface area contributed by atoms with Crippen LogP contribution in [0.5, 0.6) is 0 Å². The molecule has 32 heavy (non-hydrogen) atoms. The van der Waals surface area contributed by atoms with Gasteiger partial charge in [0.05, 0.1) is 22.8 Å². The number of para-hydroxylation sites is 2. The molecule has 1 unspecified atom stereocenters. The molecular weight excluding hydrogens is 422 g/mol. The molecule has 162 valence electrons. The average Bonchev–Trinajstić information content (AvgIpc) is 2.82. The lowest BCUT2D eigenvalue weighted by Gasteiger charge is -2.19. The van der Waals surface area contributed by atoms with Crippen LogP contribution in [0, 0.1) is 0 Å². The van der Waals surface area contributed by atoms with Crippen LogP contribution in [0.3, 0.4) is 0 Å². The number of nitrogens with zero attached hydrogens (tertiary/aromatic N) is 1. The summed E-state index contributed by atoms with van der Waals surface area (Å²) in [6.45, 7) is 1.99. The van der Waals surface area contributed by atoms with E-state index in [1.165, 1.54) is 6.07 Å². The largest absolute Gasteiger partial charge is 0.345 e. The molecule has 3 aromatic carbocycles. The van der Waals surface area contributed by atoms with Crippen LogP contribution in [-0.2, 0) is 10.0 Å². The van der Waals surface area contributed by atoms with Crippen LogP contribution >= 0.6 is 0 Å². The van der Waals surface area contributed by atoms with Gasteiger partial charge in [0.2, 0.25) is 0 Å². The Morgan fingerprint density at radius 1 is 0.906 bits per heavy atom. The maximum Gasteiger partial charge on any atom is 0.264 e. The molecule has 6 nitrogen and oxygen atoms in total. The van der Waals surface area contributed by atoms with Gasteiger partial charge in [-0.2, -0.15) is 0 Å². The van der Waals surface area contributed by atoms with E-state index in [4.69, 9.17) is 0 Å². The normalized spacial score (nSPS) is 12.3. The number of benzene rings is 3. The molecule has 4 rings (SSSR count). The molecule has 2 N–H and O–H groups in total. The number of hydrogen-bond donors (Lipinski definition) is 2. The molecule has 7 heteroatoms. The third kappa shape index (κ3) is 4.48. The van der Waals surface area contributed by atoms with Gasteiger partial charge in [-0.25, -0.2) is 8.42 Å². The van der Waals surface area contributed by atoms with Gasteiger partial charge in [-0.3, -0.25) is 14.5 Å². The topological polar surface area (TPSA) is 88.2 Å². The van der Waals surface area contributed by atoms with Gasteiger partial charge in [0, 0.05) is 11.6 Å². The summed E-state index contributed by atoms with van der Waals surface area (Å²) >= 11 is 0. The lowest BCUT2D eigenvalue weighted by molar-refractivity contribution is 0.0936. The Bertz CT molecular complexity index is 1350. The number of carbonyl (C=O) groups excluding carboxylic acids is 1. The Balaban J connectivity index is 1.64. The van der Waals surface area contributed by atoms with Crippen molar-refractivity contribution in [2.75, 3.05) is 4.72 Å². The van der Waals surface area contributed by atoms with Crippen molar-refractivity contribution in [3.05, 3.63) is 102 Å². The van der Waals surface area contributed by atoms with Gasteiger partial charge in [-0.05, 0) is 36.2 Å². The van der Waals surface area contributed by atoms with Crippen molar-refractivity contribution < 1.29 is 13.2 Å². The van der Waals surface area contributed by atoms with Crippen molar-refractivity contribution in [3.8, 4) is 0 Å². The van der Waals surface area contributed by atoms with Gasteiger partial charge >= 0.3 is 0 Å². The Morgan fingerprint density at radius 3 is 2.41 bits per heavy atom. The molecule has 0 spiro atoms. The van der Waals surface area contributed by atoms with E-state index in [1.807, 2.05) is 37.3 Å². The standard InChI is InChI=1S/C25H23N3O3S/c1-2-21(18-10-4-3-5-11-18)27-25(29)20-14-6-7-15-22(20)28-32(30,31)23-16-8-12-19-13-9-17-26-24(19)23/h3-17,21,28H,2H2,1H3,(H,27,29). The van der Waals surface area contributed by atoms with Crippen molar-refractivity contribution in [1.29, 1.82) is 0 Å². The molecular formula is C25H23N3O3S. The molecule has 0 aliphatic carbocycles. The summed E-state index contributed by atoms with van der Waals surface area (Å²) in [7, 11) is -3.97. The fourth-order valence-corrected chi connectivity index (χ4v) is 4.87. The summed E-state index contributed by atoms with van der Waals surface area (Å²) in [4.78, 5) is 17.4. The van der Waals surface area contributed by atoms with E-state index in [0.717, 1.165) is 10.9 Å². The number of hydrogen-bond acceptors (Lipinski definition) is 4. The van der Waals surface area contributed by atoms with Crippen molar-refractivity contribution >= 4 is 32.5 Å². The first-order valence-electron chi connectivity index (χ1n) is 10.3. The van der Waals surface area contributed by atoms with E-state index < -0.39 is 10.0 Å². The SMILES string of the molecule is CCC(NC(=O)c1ccccc1NS(=O)(=O)c1cccc2cccnc12)c1ccccc1. The number of nitrogens with one attached hydrogen (secondary N) is 2. The van der Waals surface area contributed by atoms with Crippen molar-refractivity contribution in [2.45, 2.75) is 24.3 Å². The molecule has 1 atom stereocenters. The first-order chi connectivity index (χ1) is 15.5. The molecule has 4 aromatic rings. The maximum atomic E-state index is 13.2. The third-order valence-electron chi connectivity index (χ3n) is 5.22. The van der Waals surface area contributed by atoms with Gasteiger partial charge in [0.25, 0.3) is 15.9 Å². The summed E-state index contributed by atoms with van der Waals surface area (Å²) in [5, 5.41) is 3.73. The van der Waals surface area contributed by atoms with Crippen LogP contribution in [0.4, 0.5) is 5.69 Å². The smallest absolute Gasteiger partial charge is 0.264 e. The molecule has 0 bridgehead atoms. The van der Waals surface area contributed by atoms with E-state index in [0.29, 0.717) is 11.9 Å². The second kappa shape index (κ2) is 9.20. The quantitative estimate of drug-likeness (QED) is 0.423. The van der Waals surface area contributed by atoms with Crippen molar-refractivity contribution in [2.24, 2.45) is 0 Å². The predicted molar refractivity (Wildman–Crippen MR) is 126 cm³/mol. The number of sulfonamides is 1. The molecule has 1 amide bonds. The Hall–Kier alpha value is -3.71. The highest BCUT2D eigenvalue weighted by molar-refractivity contribution is 7.93. The number of amides is 1. The molecule has 0 aliphatic rings. The van der Waals surface area contributed by atoms with E-state index >= 15 is 0 Å². The van der Waals surface area contributed by atoms with Crippen LogP contribution in [0.2, 0.25) is 0 Å². The van der Waals surface area contributed by atoms with E-state index in [1.54, 1.807) is 54.7 Å². The first kappa shape index (κ1) is 21.5. The summed E-state index contributed by atoms with van der Waals surface area (Å²) in [6, 6.07) is 24.6. The highest BCUT2D eigenvalue weighted by atomic mass is 32.2. The van der Waals surface area contributed by atoms with Gasteiger partial charge < -0.3 is 5.32 Å². The molecule has 0 saturated carbocycles. The highest BCUT2D eigenvalue weighted by Crippen LogP contribution is 2.26. The van der Waals surface area contributed by atoms with E-state index in [-0.39, 0.29) is 28.1 Å². The number of pyridine rings is 1. The van der Waals surface area contributed by atoms with Crippen molar-refractivity contribution in [1.82, 2.24) is 10.3 Å². The lowest BCUT2D eigenvalue weighted by Crippen LogP contribution is -2.29. The van der Waals surface area contributed by atoms with Crippen LogP contribution in [-0.4, -0.2) is 19.3 Å². The fraction of sp³-hybridized carbons (Fsp3) is 0.120. The number of aromatic nitrogens is 1. The second-order valence-electron chi connectivity index (χ2n) is 7.33. The predicted octanol–water partition coefficient (Wildman–Crippen LogP) is 4.92. The number of rotatable bonds is 7.